The Morgan fingerprint density at radius 1 is 1.22 bits per heavy atom. The van der Waals surface area contributed by atoms with Crippen LogP contribution in [-0.4, -0.2) is 44.0 Å². The average Bonchev–Trinajstić information content (AvgIpc) is 2.92. The van der Waals surface area contributed by atoms with Crippen LogP contribution in [0.4, 0.5) is 8.78 Å². The van der Waals surface area contributed by atoms with Gasteiger partial charge in [-0.25, -0.2) is 13.6 Å². The molecule has 32 heavy (non-hydrogen) atoms. The average molecular weight is 504 g/mol. The van der Waals surface area contributed by atoms with E-state index < -0.39 is 19.3 Å². The molecule has 168 valence electrons. The summed E-state index contributed by atoms with van der Waals surface area (Å²) >= 11 is 3.78. The molecule has 0 aromatic heterocycles. The predicted octanol–water partition coefficient (Wildman–Crippen LogP) is 6.32. The van der Waals surface area contributed by atoms with Gasteiger partial charge in [0.15, 0.2) is 0 Å². The normalized spacial score (nSPS) is 17.8. The highest BCUT2D eigenvalue weighted by Gasteiger charge is 2.21. The minimum Gasteiger partial charge on any atom is -0.465 e. The lowest BCUT2D eigenvalue weighted by molar-refractivity contribution is 0.0600. The molecule has 0 spiro atoms. The number of fused-ring (bicyclic) bond motifs is 1. The lowest BCUT2D eigenvalue weighted by Gasteiger charge is -2.34. The van der Waals surface area contributed by atoms with E-state index in [9.17, 15) is 13.6 Å². The van der Waals surface area contributed by atoms with E-state index in [0.717, 1.165) is 57.1 Å². The van der Waals surface area contributed by atoms with Crippen molar-refractivity contribution < 1.29 is 21.1 Å². The van der Waals surface area contributed by atoms with Crippen LogP contribution in [0.2, 0.25) is 0 Å². The van der Waals surface area contributed by atoms with Gasteiger partial charge in [0.1, 0.15) is 0 Å². The van der Waals surface area contributed by atoms with Gasteiger partial charge in [0, 0.05) is 33.2 Å². The fourth-order valence-corrected chi connectivity index (χ4v) is 4.86. The molecule has 2 aromatic carbocycles. The van der Waals surface area contributed by atoms with E-state index in [2.05, 4.69) is 28.1 Å². The number of ether oxygens (including phenoxy) is 1. The highest BCUT2D eigenvalue weighted by molar-refractivity contribution is 9.11. The zero-order chi connectivity index (χ0) is 24.5. The van der Waals surface area contributed by atoms with Crippen LogP contribution >= 0.6 is 15.9 Å². The van der Waals surface area contributed by atoms with Gasteiger partial charge in [-0.1, -0.05) is 52.3 Å². The Hall–Kier alpha value is -2.31. The molecular weight excluding hydrogens is 476 g/mol. The number of likely N-dealkylation sites (tertiary alicyclic amines) is 1. The fourth-order valence-electron chi connectivity index (χ4n) is 4.13. The van der Waals surface area contributed by atoms with Crippen molar-refractivity contribution in [3.63, 3.8) is 0 Å². The number of nitrogens with zero attached hydrogens (tertiary/aromatic N) is 1. The summed E-state index contributed by atoms with van der Waals surface area (Å²) in [6.45, 7) is -1.28. The van der Waals surface area contributed by atoms with Crippen LogP contribution in [0.15, 0.2) is 52.5 Å². The molecule has 2 aromatic rings. The quantitative estimate of drug-likeness (QED) is 0.432. The van der Waals surface area contributed by atoms with Crippen LogP contribution in [0.25, 0.3) is 11.6 Å². The second kappa shape index (κ2) is 10.1. The zero-order valence-corrected chi connectivity index (χ0v) is 19.4. The Morgan fingerprint density at radius 3 is 2.66 bits per heavy atom. The van der Waals surface area contributed by atoms with E-state index in [0.29, 0.717) is 18.7 Å². The number of methoxy groups -OCH3 is 1. The predicted molar refractivity (Wildman–Crippen MR) is 127 cm³/mol. The maximum Gasteiger partial charge on any atom is 0.337 e. The number of rotatable bonds is 6. The summed E-state index contributed by atoms with van der Waals surface area (Å²) in [7, 11) is 1.38. The number of aryl methyl sites for hydroxylation is 1. The number of esters is 1. The molecule has 1 aliphatic heterocycles. The number of halogens is 3. The van der Waals surface area contributed by atoms with E-state index in [4.69, 9.17) is 7.48 Å². The van der Waals surface area contributed by atoms with Crippen molar-refractivity contribution in [3.8, 4) is 0 Å². The largest absolute Gasteiger partial charge is 0.465 e. The topological polar surface area (TPSA) is 29.5 Å². The number of hydrogen-bond donors (Lipinski definition) is 0. The number of alkyl halides is 2. The first-order valence-corrected chi connectivity index (χ1v) is 11.4. The molecule has 0 N–H and O–H groups in total. The van der Waals surface area contributed by atoms with Gasteiger partial charge in [-0.05, 0) is 64.8 Å². The summed E-state index contributed by atoms with van der Waals surface area (Å²) in [6, 6.07) is 13.8. The maximum atomic E-state index is 12.6. The molecule has 0 saturated carbocycles. The van der Waals surface area contributed by atoms with Gasteiger partial charge in [-0.3, -0.25) is 4.90 Å². The summed E-state index contributed by atoms with van der Waals surface area (Å²) in [5, 5.41) is 0. The molecule has 4 rings (SSSR count). The Morgan fingerprint density at radius 2 is 1.97 bits per heavy atom. The maximum absolute atomic E-state index is 12.6. The number of benzene rings is 2. The molecule has 0 amide bonds. The summed E-state index contributed by atoms with van der Waals surface area (Å²) < 4.78 is 46.8. The monoisotopic (exact) mass is 503 g/mol. The minimum atomic E-state index is -2.66. The van der Waals surface area contributed by atoms with Crippen LogP contribution in [0, 0.1) is 0 Å². The van der Waals surface area contributed by atoms with Gasteiger partial charge in [-0.15, -0.1) is 0 Å². The molecule has 6 heteroatoms. The highest BCUT2D eigenvalue weighted by Crippen LogP contribution is 2.38. The lowest BCUT2D eigenvalue weighted by Crippen LogP contribution is -2.40. The molecule has 1 fully saturated rings. The first-order valence-electron chi connectivity index (χ1n) is 11.6. The molecular formula is C26H26BrF2NO2. The number of allylic oxidation sites excluding steroid dienone is 1. The standard InChI is InChI=1S/C26H26BrF2NO2/c1-32-26(31)21-9-10-22-20(14-21)3-2-4-23(27)25(22)19-7-5-17(6-8-19)13-18-15-30(16-18)12-11-24(28)29/h5-10,13-14,24H,2-4,11-12,15-16H2,1H3/i12D2. The van der Waals surface area contributed by atoms with Crippen molar-refractivity contribution in [1.82, 2.24) is 4.90 Å². The molecule has 3 nitrogen and oxygen atoms in total. The van der Waals surface area contributed by atoms with Gasteiger partial charge in [0.25, 0.3) is 0 Å². The molecule has 0 unspecified atom stereocenters. The van der Waals surface area contributed by atoms with Crippen LogP contribution in [0.3, 0.4) is 0 Å². The molecule has 0 radical (unpaired) electrons. The first kappa shape index (κ1) is 20.3. The third-order valence-electron chi connectivity index (χ3n) is 5.74. The Kier molecular flexibility index (Phi) is 6.40. The summed E-state index contributed by atoms with van der Waals surface area (Å²) in [4.78, 5) is 13.4. The second-order valence-electron chi connectivity index (χ2n) is 8.03. The Labute approximate surface area is 198 Å². The van der Waals surface area contributed by atoms with Gasteiger partial charge >= 0.3 is 5.97 Å². The van der Waals surface area contributed by atoms with Crippen LogP contribution in [-0.2, 0) is 11.2 Å². The fraction of sp³-hybridized carbons (Fsp3) is 0.346. The van der Waals surface area contributed by atoms with Gasteiger partial charge < -0.3 is 4.74 Å². The van der Waals surface area contributed by atoms with Crippen molar-refractivity contribution in [2.45, 2.75) is 32.1 Å². The van der Waals surface area contributed by atoms with Crippen LogP contribution in [0.1, 0.15) is 54.6 Å². The van der Waals surface area contributed by atoms with Crippen LogP contribution in [0.5, 0.6) is 0 Å². The van der Waals surface area contributed by atoms with Crippen LogP contribution < -0.4 is 0 Å². The van der Waals surface area contributed by atoms with E-state index >= 15 is 0 Å². The van der Waals surface area contributed by atoms with Crippen molar-refractivity contribution in [3.05, 3.63) is 80.3 Å². The first-order chi connectivity index (χ1) is 16.2. The molecule has 0 atom stereocenters. The zero-order valence-electron chi connectivity index (χ0n) is 19.8. The highest BCUT2D eigenvalue weighted by atomic mass is 79.9. The molecule has 1 heterocycles. The molecule has 1 aliphatic carbocycles. The minimum absolute atomic E-state index is 0.342. The third-order valence-corrected chi connectivity index (χ3v) is 6.53. The SMILES string of the molecule is [2H]C([2H])(CC(F)F)N1CC(=Cc2ccc(C3=C(Br)CCCc4cc(C(=O)OC)ccc43)cc2)C1. The van der Waals surface area contributed by atoms with E-state index in [1.165, 1.54) is 12.0 Å². The number of hydrogen-bond acceptors (Lipinski definition) is 3. The molecule has 2 aliphatic rings. The number of carbonyl (C=O) groups is 1. The Bertz CT molecular complexity index is 1140. The summed E-state index contributed by atoms with van der Waals surface area (Å²) in [6.07, 6.45) is 1.30. The third kappa shape index (κ3) is 5.18. The van der Waals surface area contributed by atoms with Gasteiger partial charge in [0.2, 0.25) is 6.43 Å². The summed E-state index contributed by atoms with van der Waals surface area (Å²) in [5.74, 6) is -0.342. The second-order valence-corrected chi connectivity index (χ2v) is 8.99. The van der Waals surface area contributed by atoms with Gasteiger partial charge in [0.05, 0.1) is 12.7 Å². The van der Waals surface area contributed by atoms with E-state index in [1.807, 2.05) is 30.3 Å². The smallest absolute Gasteiger partial charge is 0.337 e. The van der Waals surface area contributed by atoms with E-state index in [1.54, 1.807) is 6.07 Å². The van der Waals surface area contributed by atoms with Crippen molar-refractivity contribution in [1.29, 1.82) is 0 Å². The van der Waals surface area contributed by atoms with Crippen molar-refractivity contribution >= 4 is 33.5 Å². The van der Waals surface area contributed by atoms with Crippen molar-refractivity contribution in [2.24, 2.45) is 0 Å². The van der Waals surface area contributed by atoms with Gasteiger partial charge in [-0.2, -0.15) is 0 Å². The van der Waals surface area contributed by atoms with Crippen molar-refractivity contribution in [2.75, 3.05) is 26.7 Å². The van der Waals surface area contributed by atoms with E-state index in [-0.39, 0.29) is 5.97 Å². The molecule has 1 saturated heterocycles. The lowest BCUT2D eigenvalue weighted by atomic mass is 9.92. The number of carbonyl (C=O) groups excluding carboxylic acids is 1. The molecule has 0 bridgehead atoms. The Balaban J connectivity index is 1.53. The summed E-state index contributed by atoms with van der Waals surface area (Å²) in [5.41, 5.74) is 6.93.